The Morgan fingerprint density at radius 2 is 2.58 bits per heavy atom. The summed E-state index contributed by atoms with van der Waals surface area (Å²) in [5.41, 5.74) is 4.25. The molecule has 2 atom stereocenters. The molecule has 1 saturated heterocycles. The molecule has 0 aromatic carbocycles. The van der Waals surface area contributed by atoms with Crippen molar-refractivity contribution in [1.29, 1.82) is 0 Å². The molecule has 0 spiro atoms. The molecule has 0 amide bonds. The molecule has 0 saturated carbocycles. The third-order valence-electron chi connectivity index (χ3n) is 2.49. The van der Waals surface area contributed by atoms with E-state index in [1.807, 2.05) is 6.92 Å². The molecule has 0 radical (unpaired) electrons. The molecule has 68 valence electrons. The van der Waals surface area contributed by atoms with Crippen LogP contribution in [0.5, 0.6) is 0 Å². The molecule has 0 aromatic heterocycles. The van der Waals surface area contributed by atoms with E-state index in [4.69, 9.17) is 4.84 Å². The number of rotatable bonds is 3. The summed E-state index contributed by atoms with van der Waals surface area (Å²) in [6.45, 7) is 2.71. The Bertz CT molecular complexity index is 191. The van der Waals surface area contributed by atoms with E-state index < -0.39 is 0 Å². The van der Waals surface area contributed by atoms with Crippen molar-refractivity contribution in [2.75, 3.05) is 6.61 Å². The van der Waals surface area contributed by atoms with Gasteiger partial charge in [0.15, 0.2) is 0 Å². The van der Waals surface area contributed by atoms with Gasteiger partial charge in [0.05, 0.1) is 6.61 Å². The fraction of sp³-hybridized carbons (Fsp3) is 0.778. The molecule has 0 aliphatic carbocycles. The molecule has 3 heteroatoms. The number of hydrogen-bond donors (Lipinski definition) is 2. The summed E-state index contributed by atoms with van der Waals surface area (Å²) in [5.74, 6) is 0. The predicted octanol–water partition coefficient (Wildman–Crippen LogP) is 0.936. The summed E-state index contributed by atoms with van der Waals surface area (Å²) in [7, 11) is 0. The average Bonchev–Trinajstić information content (AvgIpc) is 2.42. The number of fused-ring (bicyclic) bond motifs is 2. The maximum Gasteiger partial charge on any atom is 0.0717 e. The van der Waals surface area contributed by atoms with E-state index in [1.54, 1.807) is 0 Å². The van der Waals surface area contributed by atoms with Crippen molar-refractivity contribution < 1.29 is 4.84 Å². The molecule has 2 rings (SSSR count). The highest BCUT2D eigenvalue weighted by Gasteiger charge is 2.27. The second-order valence-corrected chi connectivity index (χ2v) is 3.48. The molecule has 2 aliphatic rings. The topological polar surface area (TPSA) is 33.3 Å². The standard InChI is InChI=1S/C9H16N2O/c1-2-12-11-9-5-7-3-4-8(6-9)10-7/h5,7-8,10-11H,2-4,6H2,1H3. The first kappa shape index (κ1) is 8.08. The van der Waals surface area contributed by atoms with Crippen molar-refractivity contribution in [2.24, 2.45) is 0 Å². The monoisotopic (exact) mass is 168 g/mol. The van der Waals surface area contributed by atoms with E-state index in [0.29, 0.717) is 12.1 Å². The van der Waals surface area contributed by atoms with Crippen molar-refractivity contribution in [1.82, 2.24) is 10.8 Å². The zero-order valence-electron chi connectivity index (χ0n) is 7.47. The molecule has 2 bridgehead atoms. The van der Waals surface area contributed by atoms with Gasteiger partial charge in [-0.25, -0.2) is 0 Å². The highest BCUT2D eigenvalue weighted by molar-refractivity contribution is 5.14. The van der Waals surface area contributed by atoms with Crippen LogP contribution in [-0.4, -0.2) is 18.7 Å². The van der Waals surface area contributed by atoms with Crippen LogP contribution >= 0.6 is 0 Å². The molecule has 2 aliphatic heterocycles. The summed E-state index contributed by atoms with van der Waals surface area (Å²) in [6, 6.07) is 1.27. The summed E-state index contributed by atoms with van der Waals surface area (Å²) in [4.78, 5) is 5.15. The van der Waals surface area contributed by atoms with Gasteiger partial charge < -0.3 is 5.32 Å². The third kappa shape index (κ3) is 1.62. The molecule has 2 unspecified atom stereocenters. The zero-order valence-corrected chi connectivity index (χ0v) is 7.47. The van der Waals surface area contributed by atoms with Gasteiger partial charge in [0.2, 0.25) is 0 Å². The summed E-state index contributed by atoms with van der Waals surface area (Å²) < 4.78 is 0. The molecule has 1 fully saturated rings. The van der Waals surface area contributed by atoms with Crippen LogP contribution in [-0.2, 0) is 4.84 Å². The summed E-state index contributed by atoms with van der Waals surface area (Å²) in [6.07, 6.45) is 5.93. The Hall–Kier alpha value is -0.540. The number of nitrogens with one attached hydrogen (secondary N) is 2. The van der Waals surface area contributed by atoms with Gasteiger partial charge in [0, 0.05) is 24.2 Å². The van der Waals surface area contributed by atoms with Crippen LogP contribution in [0.4, 0.5) is 0 Å². The Kier molecular flexibility index (Phi) is 2.33. The Labute approximate surface area is 73.1 Å². The average molecular weight is 168 g/mol. The van der Waals surface area contributed by atoms with Crippen molar-refractivity contribution in [3.63, 3.8) is 0 Å². The Morgan fingerprint density at radius 1 is 1.67 bits per heavy atom. The Morgan fingerprint density at radius 3 is 3.33 bits per heavy atom. The van der Waals surface area contributed by atoms with Crippen LogP contribution in [0.3, 0.4) is 0 Å². The van der Waals surface area contributed by atoms with Gasteiger partial charge in [0.25, 0.3) is 0 Å². The first-order valence-electron chi connectivity index (χ1n) is 4.73. The fourth-order valence-corrected chi connectivity index (χ4v) is 1.96. The van der Waals surface area contributed by atoms with Crippen LogP contribution in [0, 0.1) is 0 Å². The van der Waals surface area contributed by atoms with Crippen LogP contribution in [0.2, 0.25) is 0 Å². The SMILES string of the molecule is CCONC1=CC2CCC(C1)N2. The van der Waals surface area contributed by atoms with Gasteiger partial charge >= 0.3 is 0 Å². The minimum absolute atomic E-state index is 0.590. The highest BCUT2D eigenvalue weighted by atomic mass is 16.6. The van der Waals surface area contributed by atoms with Gasteiger partial charge in [-0.05, 0) is 25.8 Å². The van der Waals surface area contributed by atoms with Crippen molar-refractivity contribution in [3.8, 4) is 0 Å². The van der Waals surface area contributed by atoms with Crippen LogP contribution in [0.15, 0.2) is 11.8 Å². The van der Waals surface area contributed by atoms with E-state index in [-0.39, 0.29) is 0 Å². The first-order chi connectivity index (χ1) is 5.88. The van der Waals surface area contributed by atoms with Crippen molar-refractivity contribution in [3.05, 3.63) is 11.8 Å². The van der Waals surface area contributed by atoms with E-state index in [0.717, 1.165) is 13.0 Å². The minimum Gasteiger partial charge on any atom is -0.307 e. The lowest BCUT2D eigenvalue weighted by Crippen LogP contribution is -2.35. The normalized spacial score (nSPS) is 33.2. The maximum atomic E-state index is 5.15. The van der Waals surface area contributed by atoms with Crippen LogP contribution in [0.25, 0.3) is 0 Å². The zero-order chi connectivity index (χ0) is 8.39. The van der Waals surface area contributed by atoms with E-state index in [1.165, 1.54) is 18.5 Å². The molecule has 0 aromatic rings. The van der Waals surface area contributed by atoms with Gasteiger partial charge in [-0.2, -0.15) is 0 Å². The van der Waals surface area contributed by atoms with E-state index in [2.05, 4.69) is 16.9 Å². The smallest absolute Gasteiger partial charge is 0.0717 e. The summed E-state index contributed by atoms with van der Waals surface area (Å²) in [5, 5.41) is 3.52. The third-order valence-corrected chi connectivity index (χ3v) is 2.49. The van der Waals surface area contributed by atoms with Crippen molar-refractivity contribution >= 4 is 0 Å². The van der Waals surface area contributed by atoms with Gasteiger partial charge in [-0.1, -0.05) is 0 Å². The van der Waals surface area contributed by atoms with Gasteiger partial charge in [-0.3, -0.25) is 10.3 Å². The minimum atomic E-state index is 0.590. The van der Waals surface area contributed by atoms with Crippen LogP contribution < -0.4 is 10.8 Å². The molecule has 12 heavy (non-hydrogen) atoms. The van der Waals surface area contributed by atoms with E-state index in [9.17, 15) is 0 Å². The second kappa shape index (κ2) is 3.46. The van der Waals surface area contributed by atoms with Gasteiger partial charge in [-0.15, -0.1) is 0 Å². The molecular weight excluding hydrogens is 152 g/mol. The van der Waals surface area contributed by atoms with E-state index >= 15 is 0 Å². The second-order valence-electron chi connectivity index (χ2n) is 3.48. The van der Waals surface area contributed by atoms with Crippen LogP contribution in [0.1, 0.15) is 26.2 Å². The fourth-order valence-electron chi connectivity index (χ4n) is 1.96. The lowest BCUT2D eigenvalue weighted by atomic mass is 10.1. The number of hydrogen-bond acceptors (Lipinski definition) is 3. The first-order valence-corrected chi connectivity index (χ1v) is 4.73. The largest absolute Gasteiger partial charge is 0.307 e. The quantitative estimate of drug-likeness (QED) is 0.615. The molecule has 2 heterocycles. The van der Waals surface area contributed by atoms with Gasteiger partial charge in [0.1, 0.15) is 0 Å². The number of hydroxylamine groups is 1. The maximum absolute atomic E-state index is 5.15. The molecular formula is C9H16N2O. The molecule has 2 N–H and O–H groups in total. The predicted molar refractivity (Wildman–Crippen MR) is 47.4 cm³/mol. The lowest BCUT2D eigenvalue weighted by molar-refractivity contribution is 0.0689. The lowest BCUT2D eigenvalue weighted by Gasteiger charge is -2.21. The Balaban J connectivity index is 1.90. The molecule has 3 nitrogen and oxygen atoms in total. The highest BCUT2D eigenvalue weighted by Crippen LogP contribution is 2.24. The summed E-state index contributed by atoms with van der Waals surface area (Å²) >= 11 is 0. The van der Waals surface area contributed by atoms with Crippen molar-refractivity contribution in [2.45, 2.75) is 38.3 Å².